The van der Waals surface area contributed by atoms with E-state index < -0.39 is 0 Å². The molecule has 1 aromatic carbocycles. The van der Waals surface area contributed by atoms with Gasteiger partial charge in [-0.3, -0.25) is 0 Å². The molecule has 16 heavy (non-hydrogen) atoms. The molecule has 1 aromatic rings. The van der Waals surface area contributed by atoms with E-state index in [1.54, 1.807) is 6.07 Å². The molecule has 1 unspecified atom stereocenters. The quantitative estimate of drug-likeness (QED) is 0.830. The van der Waals surface area contributed by atoms with Crippen LogP contribution in [0, 0.1) is 5.82 Å². The highest BCUT2D eigenvalue weighted by molar-refractivity contribution is 5.36. The summed E-state index contributed by atoms with van der Waals surface area (Å²) in [6.07, 6.45) is 6.37. The van der Waals surface area contributed by atoms with Crippen LogP contribution in [0.4, 0.5) is 4.39 Å². The fraction of sp³-hybridized carbons (Fsp3) is 0.571. The molecular weight excluding hydrogens is 201 g/mol. The van der Waals surface area contributed by atoms with Crippen LogP contribution in [0.15, 0.2) is 12.1 Å². The molecule has 1 atom stereocenters. The van der Waals surface area contributed by atoms with Crippen LogP contribution >= 0.6 is 0 Å². The summed E-state index contributed by atoms with van der Waals surface area (Å²) >= 11 is 0. The molecule has 2 heteroatoms. The highest BCUT2D eigenvalue weighted by Gasteiger charge is 2.16. The van der Waals surface area contributed by atoms with Crippen LogP contribution < -0.4 is 5.73 Å². The lowest BCUT2D eigenvalue weighted by Crippen LogP contribution is -2.14. The van der Waals surface area contributed by atoms with Crippen molar-refractivity contribution in [2.24, 2.45) is 5.73 Å². The molecule has 0 saturated heterocycles. The first-order chi connectivity index (χ1) is 7.72. The zero-order valence-corrected chi connectivity index (χ0v) is 9.93. The number of hydrogen-bond donors (Lipinski definition) is 1. The summed E-state index contributed by atoms with van der Waals surface area (Å²) in [5.74, 6) is -0.110. The minimum Gasteiger partial charge on any atom is -0.324 e. The van der Waals surface area contributed by atoms with Crippen molar-refractivity contribution < 1.29 is 4.39 Å². The molecule has 0 aromatic heterocycles. The van der Waals surface area contributed by atoms with E-state index in [2.05, 4.69) is 6.92 Å². The highest BCUT2D eigenvalue weighted by Crippen LogP contribution is 2.27. The van der Waals surface area contributed by atoms with Gasteiger partial charge in [-0.05, 0) is 49.3 Å². The topological polar surface area (TPSA) is 26.0 Å². The van der Waals surface area contributed by atoms with Crippen LogP contribution in [0.25, 0.3) is 0 Å². The predicted molar refractivity (Wildman–Crippen MR) is 64.9 cm³/mol. The van der Waals surface area contributed by atoms with E-state index in [1.807, 2.05) is 6.07 Å². The maximum atomic E-state index is 13.9. The van der Waals surface area contributed by atoms with E-state index in [4.69, 9.17) is 5.73 Å². The maximum Gasteiger partial charge on any atom is 0.128 e. The Morgan fingerprint density at radius 1 is 1.25 bits per heavy atom. The fourth-order valence-corrected chi connectivity index (χ4v) is 2.53. The van der Waals surface area contributed by atoms with Gasteiger partial charge in [0.15, 0.2) is 0 Å². The van der Waals surface area contributed by atoms with E-state index in [0.29, 0.717) is 5.56 Å². The Bertz CT molecular complexity index is 373. The Balaban J connectivity index is 2.31. The average molecular weight is 221 g/mol. The number of fused-ring (bicyclic) bond motifs is 1. The number of rotatable bonds is 3. The summed E-state index contributed by atoms with van der Waals surface area (Å²) in [5.41, 5.74) is 9.22. The van der Waals surface area contributed by atoms with Gasteiger partial charge in [-0.25, -0.2) is 4.39 Å². The van der Waals surface area contributed by atoms with Gasteiger partial charge in [-0.1, -0.05) is 19.4 Å². The molecule has 1 aliphatic rings. The molecule has 0 bridgehead atoms. The van der Waals surface area contributed by atoms with E-state index in [-0.39, 0.29) is 11.9 Å². The molecule has 2 N–H and O–H groups in total. The Labute approximate surface area is 96.9 Å². The van der Waals surface area contributed by atoms with Crippen LogP contribution in [0.2, 0.25) is 0 Å². The van der Waals surface area contributed by atoms with Crippen LogP contribution in [0.5, 0.6) is 0 Å². The largest absolute Gasteiger partial charge is 0.324 e. The average Bonchev–Trinajstić information content (AvgIpc) is 2.28. The van der Waals surface area contributed by atoms with Crippen LogP contribution in [0.3, 0.4) is 0 Å². The van der Waals surface area contributed by atoms with Crippen molar-refractivity contribution in [3.8, 4) is 0 Å². The van der Waals surface area contributed by atoms with Crippen molar-refractivity contribution in [1.82, 2.24) is 0 Å². The van der Waals surface area contributed by atoms with Gasteiger partial charge >= 0.3 is 0 Å². The van der Waals surface area contributed by atoms with E-state index in [0.717, 1.165) is 25.7 Å². The number of halogens is 1. The lowest BCUT2D eigenvalue weighted by Gasteiger charge is -2.19. The van der Waals surface area contributed by atoms with Gasteiger partial charge in [-0.2, -0.15) is 0 Å². The summed E-state index contributed by atoms with van der Waals surface area (Å²) in [5, 5.41) is 0. The van der Waals surface area contributed by atoms with Gasteiger partial charge in [0, 0.05) is 11.6 Å². The van der Waals surface area contributed by atoms with Crippen molar-refractivity contribution in [2.45, 2.75) is 51.5 Å². The van der Waals surface area contributed by atoms with E-state index in [1.165, 1.54) is 24.0 Å². The number of aryl methyl sites for hydroxylation is 2. The van der Waals surface area contributed by atoms with Gasteiger partial charge in [0.1, 0.15) is 5.82 Å². The first-order valence-electron chi connectivity index (χ1n) is 6.29. The molecule has 0 fully saturated rings. The second-order valence-electron chi connectivity index (χ2n) is 4.74. The highest BCUT2D eigenvalue weighted by atomic mass is 19.1. The molecule has 0 saturated carbocycles. The van der Waals surface area contributed by atoms with Crippen molar-refractivity contribution in [3.63, 3.8) is 0 Å². The Hall–Kier alpha value is -0.890. The minimum atomic E-state index is -0.141. The van der Waals surface area contributed by atoms with Crippen molar-refractivity contribution in [2.75, 3.05) is 0 Å². The SMILES string of the molecule is CCCC(N)c1cc2c(cc1F)CCCC2. The number of hydrogen-bond acceptors (Lipinski definition) is 1. The number of benzene rings is 1. The normalized spacial score (nSPS) is 16.9. The Morgan fingerprint density at radius 2 is 1.88 bits per heavy atom. The smallest absolute Gasteiger partial charge is 0.128 e. The third-order valence-corrected chi connectivity index (χ3v) is 3.46. The Morgan fingerprint density at radius 3 is 2.50 bits per heavy atom. The zero-order chi connectivity index (χ0) is 11.5. The lowest BCUT2D eigenvalue weighted by atomic mass is 9.88. The molecule has 0 heterocycles. The standard InChI is InChI=1S/C14H20FN/c1-2-5-14(16)12-8-10-6-3-4-7-11(10)9-13(12)15/h8-9,14H,2-7,16H2,1H3. The molecular formula is C14H20FN. The second-order valence-corrected chi connectivity index (χ2v) is 4.74. The molecule has 0 spiro atoms. The lowest BCUT2D eigenvalue weighted by molar-refractivity contribution is 0.552. The van der Waals surface area contributed by atoms with Crippen LogP contribution in [-0.4, -0.2) is 0 Å². The third kappa shape index (κ3) is 2.27. The van der Waals surface area contributed by atoms with Gasteiger partial charge in [0.2, 0.25) is 0 Å². The monoisotopic (exact) mass is 221 g/mol. The van der Waals surface area contributed by atoms with E-state index >= 15 is 0 Å². The summed E-state index contributed by atoms with van der Waals surface area (Å²) in [4.78, 5) is 0. The molecule has 1 aliphatic carbocycles. The first-order valence-corrected chi connectivity index (χ1v) is 6.29. The molecule has 0 amide bonds. The summed E-state index contributed by atoms with van der Waals surface area (Å²) in [6.45, 7) is 2.08. The predicted octanol–water partition coefficient (Wildman–Crippen LogP) is 3.50. The third-order valence-electron chi connectivity index (χ3n) is 3.46. The molecule has 2 rings (SSSR count). The molecule has 1 nitrogen and oxygen atoms in total. The Kier molecular flexibility index (Phi) is 3.59. The van der Waals surface area contributed by atoms with Crippen molar-refractivity contribution >= 4 is 0 Å². The van der Waals surface area contributed by atoms with Gasteiger partial charge in [0.25, 0.3) is 0 Å². The summed E-state index contributed by atoms with van der Waals surface area (Å²) < 4.78 is 13.9. The molecule has 88 valence electrons. The molecule has 0 radical (unpaired) electrons. The van der Waals surface area contributed by atoms with Gasteiger partial charge in [0.05, 0.1) is 0 Å². The van der Waals surface area contributed by atoms with Crippen molar-refractivity contribution in [1.29, 1.82) is 0 Å². The second kappa shape index (κ2) is 4.96. The number of nitrogens with two attached hydrogens (primary N) is 1. The zero-order valence-electron chi connectivity index (χ0n) is 9.93. The maximum absolute atomic E-state index is 13.9. The van der Waals surface area contributed by atoms with Crippen LogP contribution in [0.1, 0.15) is 55.3 Å². The van der Waals surface area contributed by atoms with Gasteiger partial charge in [-0.15, -0.1) is 0 Å². The minimum absolute atomic E-state index is 0.110. The van der Waals surface area contributed by atoms with E-state index in [9.17, 15) is 4.39 Å². The summed E-state index contributed by atoms with van der Waals surface area (Å²) in [6, 6.07) is 3.57. The fourth-order valence-electron chi connectivity index (χ4n) is 2.53. The molecule has 0 aliphatic heterocycles. The van der Waals surface area contributed by atoms with Crippen LogP contribution in [-0.2, 0) is 12.8 Å². The first kappa shape index (κ1) is 11.6. The van der Waals surface area contributed by atoms with Gasteiger partial charge < -0.3 is 5.73 Å². The summed E-state index contributed by atoms with van der Waals surface area (Å²) in [7, 11) is 0. The van der Waals surface area contributed by atoms with Crippen molar-refractivity contribution in [3.05, 3.63) is 34.6 Å².